The Morgan fingerprint density at radius 1 is 1.41 bits per heavy atom. The van der Waals surface area contributed by atoms with E-state index in [1.54, 1.807) is 13.0 Å². The first kappa shape index (κ1) is 11.2. The van der Waals surface area contributed by atoms with Gasteiger partial charge in [-0.15, -0.1) is 0 Å². The van der Waals surface area contributed by atoms with Gasteiger partial charge in [-0.1, -0.05) is 0 Å². The predicted octanol–water partition coefficient (Wildman–Crippen LogP) is 2.56. The van der Waals surface area contributed by atoms with E-state index in [1.807, 2.05) is 0 Å². The molecule has 0 saturated heterocycles. The van der Waals surface area contributed by atoms with E-state index in [4.69, 9.17) is 10.2 Å². The van der Waals surface area contributed by atoms with E-state index < -0.39 is 5.82 Å². The van der Waals surface area contributed by atoms with Crippen molar-refractivity contribution in [3.63, 3.8) is 0 Å². The zero-order valence-corrected chi connectivity index (χ0v) is 9.16. The van der Waals surface area contributed by atoms with Crippen molar-refractivity contribution in [1.82, 2.24) is 0 Å². The molecule has 0 fully saturated rings. The summed E-state index contributed by atoms with van der Waals surface area (Å²) in [5.41, 5.74) is 6.56. The second kappa shape index (κ2) is 4.29. The minimum atomic E-state index is -0.444. The fraction of sp³-hybridized carbons (Fsp3) is 0.0833. The third-order valence-corrected chi connectivity index (χ3v) is 2.37. The maximum atomic E-state index is 12.8. The highest BCUT2D eigenvalue weighted by molar-refractivity contribution is 6.06. The number of nitrogens with one attached hydrogen (secondary N) is 1. The van der Waals surface area contributed by atoms with Crippen LogP contribution in [0.5, 0.6) is 0 Å². The number of carbonyl (C=O) groups excluding carboxylic acids is 1. The van der Waals surface area contributed by atoms with Crippen LogP contribution in [0.25, 0.3) is 0 Å². The van der Waals surface area contributed by atoms with Crippen LogP contribution in [0, 0.1) is 12.7 Å². The van der Waals surface area contributed by atoms with Gasteiger partial charge in [0.05, 0.1) is 23.2 Å². The Hall–Kier alpha value is -2.30. The molecule has 0 bridgehead atoms. The molecule has 0 aliphatic carbocycles. The zero-order chi connectivity index (χ0) is 12.4. The van der Waals surface area contributed by atoms with Gasteiger partial charge in [0.15, 0.2) is 0 Å². The Morgan fingerprint density at radius 2 is 2.18 bits per heavy atom. The van der Waals surface area contributed by atoms with Gasteiger partial charge in [0.25, 0.3) is 5.91 Å². The van der Waals surface area contributed by atoms with Crippen molar-refractivity contribution in [3.05, 3.63) is 47.7 Å². The molecule has 3 N–H and O–H groups in total. The van der Waals surface area contributed by atoms with Crippen molar-refractivity contribution in [2.24, 2.45) is 0 Å². The minimum Gasteiger partial charge on any atom is -0.469 e. The second-order valence-electron chi connectivity index (χ2n) is 3.58. The van der Waals surface area contributed by atoms with Gasteiger partial charge < -0.3 is 15.5 Å². The van der Waals surface area contributed by atoms with Crippen LogP contribution in [-0.4, -0.2) is 5.91 Å². The monoisotopic (exact) mass is 234 g/mol. The summed E-state index contributed by atoms with van der Waals surface area (Å²) >= 11 is 0. The lowest BCUT2D eigenvalue weighted by molar-refractivity contribution is 0.102. The van der Waals surface area contributed by atoms with E-state index in [9.17, 15) is 9.18 Å². The van der Waals surface area contributed by atoms with Crippen LogP contribution < -0.4 is 11.1 Å². The summed E-state index contributed by atoms with van der Waals surface area (Å²) in [7, 11) is 0. The number of nitrogens with two attached hydrogens (primary N) is 1. The molecule has 0 radical (unpaired) electrons. The number of carbonyl (C=O) groups is 1. The van der Waals surface area contributed by atoms with Crippen molar-refractivity contribution in [1.29, 1.82) is 0 Å². The summed E-state index contributed by atoms with van der Waals surface area (Å²) in [6, 6.07) is 5.36. The lowest BCUT2D eigenvalue weighted by Crippen LogP contribution is -2.13. The molecule has 0 aliphatic rings. The molecule has 1 amide bonds. The molecule has 1 aromatic heterocycles. The summed E-state index contributed by atoms with van der Waals surface area (Å²) in [4.78, 5) is 11.8. The van der Waals surface area contributed by atoms with E-state index >= 15 is 0 Å². The van der Waals surface area contributed by atoms with E-state index in [1.165, 1.54) is 18.4 Å². The molecule has 1 aromatic carbocycles. The molecule has 0 spiro atoms. The van der Waals surface area contributed by atoms with Crippen LogP contribution in [0.1, 0.15) is 16.1 Å². The molecule has 5 heteroatoms. The molecule has 0 atom stereocenters. The first-order valence-corrected chi connectivity index (χ1v) is 4.98. The van der Waals surface area contributed by atoms with Gasteiger partial charge in [0.1, 0.15) is 11.6 Å². The number of rotatable bonds is 2. The molecule has 4 nitrogen and oxygen atoms in total. The van der Waals surface area contributed by atoms with Crippen molar-refractivity contribution in [2.45, 2.75) is 6.92 Å². The molecular formula is C12H11FN2O2. The van der Waals surface area contributed by atoms with Crippen molar-refractivity contribution < 1.29 is 13.6 Å². The van der Waals surface area contributed by atoms with Gasteiger partial charge in [-0.05, 0) is 31.2 Å². The highest BCUT2D eigenvalue weighted by atomic mass is 19.1. The normalized spacial score (nSPS) is 10.2. The summed E-state index contributed by atoms with van der Waals surface area (Å²) in [5.74, 6) is -0.266. The number of benzene rings is 1. The van der Waals surface area contributed by atoms with Crippen LogP contribution in [0.15, 0.2) is 34.9 Å². The number of aryl methyl sites for hydroxylation is 1. The lowest BCUT2D eigenvalue weighted by atomic mass is 10.2. The van der Waals surface area contributed by atoms with E-state index in [0.29, 0.717) is 17.0 Å². The third kappa shape index (κ3) is 2.28. The lowest BCUT2D eigenvalue weighted by Gasteiger charge is -2.07. The topological polar surface area (TPSA) is 68.3 Å². The van der Waals surface area contributed by atoms with Gasteiger partial charge in [-0.3, -0.25) is 4.79 Å². The molecule has 1 heterocycles. The predicted molar refractivity (Wildman–Crippen MR) is 62.2 cm³/mol. The molecule has 0 unspecified atom stereocenters. The Kier molecular flexibility index (Phi) is 2.82. The molecule has 88 valence electrons. The quantitative estimate of drug-likeness (QED) is 0.784. The highest BCUT2D eigenvalue weighted by Gasteiger charge is 2.12. The summed E-state index contributed by atoms with van der Waals surface area (Å²) in [6.45, 7) is 1.68. The van der Waals surface area contributed by atoms with Crippen LogP contribution >= 0.6 is 0 Å². The van der Waals surface area contributed by atoms with Crippen LogP contribution in [0.3, 0.4) is 0 Å². The average molecular weight is 234 g/mol. The van der Waals surface area contributed by atoms with Gasteiger partial charge in [0, 0.05) is 0 Å². The number of nitrogen functional groups attached to an aromatic ring is 1. The standard InChI is InChI=1S/C12H11FN2O2/c1-7-9(4-5-17-7)12(16)15-11-3-2-8(13)6-10(11)14/h2-6H,14H2,1H3,(H,15,16). The van der Waals surface area contributed by atoms with Gasteiger partial charge >= 0.3 is 0 Å². The third-order valence-electron chi connectivity index (χ3n) is 2.37. The fourth-order valence-corrected chi connectivity index (χ4v) is 1.46. The van der Waals surface area contributed by atoms with Crippen molar-refractivity contribution >= 4 is 17.3 Å². The Labute approximate surface area is 97.2 Å². The second-order valence-corrected chi connectivity index (χ2v) is 3.58. The Balaban J connectivity index is 2.22. The van der Waals surface area contributed by atoms with E-state index in [-0.39, 0.29) is 11.6 Å². The fourth-order valence-electron chi connectivity index (χ4n) is 1.46. The molecule has 17 heavy (non-hydrogen) atoms. The first-order chi connectivity index (χ1) is 8.08. The van der Waals surface area contributed by atoms with Crippen LogP contribution in [0.4, 0.5) is 15.8 Å². The zero-order valence-electron chi connectivity index (χ0n) is 9.16. The summed E-state index contributed by atoms with van der Waals surface area (Å²) in [6.07, 6.45) is 1.43. The van der Waals surface area contributed by atoms with Crippen LogP contribution in [0.2, 0.25) is 0 Å². The van der Waals surface area contributed by atoms with Gasteiger partial charge in [0.2, 0.25) is 0 Å². The number of hydrogen-bond acceptors (Lipinski definition) is 3. The molecular weight excluding hydrogens is 223 g/mol. The minimum absolute atomic E-state index is 0.180. The number of amides is 1. The SMILES string of the molecule is Cc1occc1C(=O)Nc1ccc(F)cc1N. The van der Waals surface area contributed by atoms with Crippen molar-refractivity contribution in [2.75, 3.05) is 11.1 Å². The first-order valence-electron chi connectivity index (χ1n) is 4.98. The van der Waals surface area contributed by atoms with Crippen LogP contribution in [-0.2, 0) is 0 Å². The summed E-state index contributed by atoms with van der Waals surface area (Å²) in [5, 5.41) is 2.59. The number of halogens is 1. The van der Waals surface area contributed by atoms with Gasteiger partial charge in [-0.25, -0.2) is 4.39 Å². The maximum Gasteiger partial charge on any atom is 0.259 e. The smallest absolute Gasteiger partial charge is 0.259 e. The van der Waals surface area contributed by atoms with Crippen molar-refractivity contribution in [3.8, 4) is 0 Å². The van der Waals surface area contributed by atoms with E-state index in [0.717, 1.165) is 6.07 Å². The van der Waals surface area contributed by atoms with Gasteiger partial charge in [-0.2, -0.15) is 0 Å². The van der Waals surface area contributed by atoms with E-state index in [2.05, 4.69) is 5.32 Å². The number of hydrogen-bond donors (Lipinski definition) is 2. The molecule has 2 rings (SSSR count). The molecule has 0 aliphatic heterocycles. The molecule has 0 saturated carbocycles. The Morgan fingerprint density at radius 3 is 2.76 bits per heavy atom. The number of furan rings is 1. The Bertz CT molecular complexity index is 563. The average Bonchev–Trinajstić information content (AvgIpc) is 2.68. The molecule has 2 aromatic rings. The number of anilines is 2. The highest BCUT2D eigenvalue weighted by Crippen LogP contribution is 2.20. The summed E-state index contributed by atoms with van der Waals surface area (Å²) < 4.78 is 17.8. The maximum absolute atomic E-state index is 12.8. The largest absolute Gasteiger partial charge is 0.469 e.